The van der Waals surface area contributed by atoms with Gasteiger partial charge in [0.15, 0.2) is 0 Å². The Balaban J connectivity index is 1.74. The molecule has 0 fully saturated rings. The summed E-state index contributed by atoms with van der Waals surface area (Å²) in [6.45, 7) is 0. The van der Waals surface area contributed by atoms with Crippen LogP contribution in [0.5, 0.6) is 0 Å². The molecule has 0 radical (unpaired) electrons. The van der Waals surface area contributed by atoms with Gasteiger partial charge in [-0.25, -0.2) is 9.07 Å². The number of rotatable bonds is 3. The Morgan fingerprint density at radius 1 is 1.07 bits per heavy atom. The van der Waals surface area contributed by atoms with Crippen molar-refractivity contribution in [2.45, 2.75) is 11.3 Å². The number of thioether (sulfide) groups is 1. The minimum Gasteiger partial charge on any atom is -0.287 e. The molecule has 1 aliphatic heterocycles. The van der Waals surface area contributed by atoms with Gasteiger partial charge < -0.3 is 0 Å². The zero-order valence-electron chi connectivity index (χ0n) is 13.7. The second-order valence-corrected chi connectivity index (χ2v) is 7.65. The number of hydrogen-bond donors (Lipinski definition) is 1. The van der Waals surface area contributed by atoms with Gasteiger partial charge >= 0.3 is 0 Å². The average Bonchev–Trinajstić information content (AvgIpc) is 2.65. The fraction of sp³-hybridized carbons (Fsp3) is 0.0526. The minimum absolute atomic E-state index is 0.294. The van der Waals surface area contributed by atoms with Crippen LogP contribution in [0.25, 0.3) is 11.1 Å². The van der Waals surface area contributed by atoms with Crippen LogP contribution in [0.4, 0.5) is 4.39 Å². The van der Waals surface area contributed by atoms with Crippen molar-refractivity contribution in [1.82, 2.24) is 9.66 Å². The molecule has 1 aliphatic rings. The van der Waals surface area contributed by atoms with E-state index in [-0.39, 0.29) is 5.82 Å². The number of allylic oxidation sites excluding steroid dienone is 1. The fourth-order valence-electron chi connectivity index (χ4n) is 2.84. The molecule has 1 N–H and O–H groups in total. The number of benzene rings is 2. The van der Waals surface area contributed by atoms with Gasteiger partial charge in [-0.15, -0.1) is 0 Å². The molecule has 0 amide bonds. The summed E-state index contributed by atoms with van der Waals surface area (Å²) in [4.78, 5) is 16.9. The van der Waals surface area contributed by atoms with Gasteiger partial charge in [-0.3, -0.25) is 10.2 Å². The monoisotopic (exact) mass is 419 g/mol. The molecule has 0 aliphatic carbocycles. The first kappa shape index (κ1) is 18.1. The zero-order valence-corrected chi connectivity index (χ0v) is 16.1. The molecule has 0 unspecified atom stereocenters. The van der Waals surface area contributed by atoms with E-state index >= 15 is 0 Å². The second kappa shape index (κ2) is 7.38. The molecule has 8 heteroatoms. The number of halogens is 3. The highest BCUT2D eigenvalue weighted by atomic mass is 35.5. The molecule has 2 aromatic carbocycles. The van der Waals surface area contributed by atoms with E-state index in [1.54, 1.807) is 41.1 Å². The summed E-state index contributed by atoms with van der Waals surface area (Å²) < 4.78 is 15.5. The summed E-state index contributed by atoms with van der Waals surface area (Å²) in [7, 11) is 0. The smallest absolute Gasteiger partial charge is 0.281 e. The van der Waals surface area contributed by atoms with Gasteiger partial charge in [-0.2, -0.15) is 4.98 Å². The van der Waals surface area contributed by atoms with Crippen LogP contribution < -0.4 is 11.0 Å². The van der Waals surface area contributed by atoms with E-state index in [2.05, 4.69) is 10.4 Å². The van der Waals surface area contributed by atoms with Crippen molar-refractivity contribution in [3.05, 3.63) is 91.8 Å². The maximum Gasteiger partial charge on any atom is 0.281 e. The van der Waals surface area contributed by atoms with Crippen LogP contribution >= 0.6 is 35.0 Å². The molecule has 4 rings (SSSR count). The second-order valence-electron chi connectivity index (χ2n) is 5.75. The molecular formula is C19H12Cl2FN3OS. The highest BCUT2D eigenvalue weighted by Gasteiger charge is 2.22. The van der Waals surface area contributed by atoms with Crippen molar-refractivity contribution < 1.29 is 4.39 Å². The maximum atomic E-state index is 13.9. The van der Waals surface area contributed by atoms with Gasteiger partial charge in [-0.1, -0.05) is 53.2 Å². The third-order valence-corrected chi connectivity index (χ3v) is 5.72. The summed E-state index contributed by atoms with van der Waals surface area (Å²) in [6.07, 6.45) is 3.74. The Hall–Kier alpha value is -2.28. The number of nitrogens with one attached hydrogen (secondary N) is 1. The lowest BCUT2D eigenvalue weighted by Gasteiger charge is -2.23. The predicted molar refractivity (Wildman–Crippen MR) is 107 cm³/mol. The van der Waals surface area contributed by atoms with Crippen molar-refractivity contribution in [3.8, 4) is 11.1 Å². The normalized spacial score (nSPS) is 12.9. The molecule has 0 saturated heterocycles. The Labute approximate surface area is 168 Å². The lowest BCUT2D eigenvalue weighted by Crippen LogP contribution is -2.27. The molecule has 0 spiro atoms. The molecule has 27 heavy (non-hydrogen) atoms. The first-order chi connectivity index (χ1) is 13.0. The van der Waals surface area contributed by atoms with Crippen LogP contribution in [0.2, 0.25) is 10.0 Å². The molecule has 136 valence electrons. The first-order valence-electron chi connectivity index (χ1n) is 7.99. The van der Waals surface area contributed by atoms with E-state index in [1.165, 1.54) is 24.2 Å². The summed E-state index contributed by atoms with van der Waals surface area (Å²) >= 11 is 13.8. The number of fused-ring (bicyclic) bond motifs is 1. The highest BCUT2D eigenvalue weighted by Crippen LogP contribution is 2.36. The van der Waals surface area contributed by atoms with Crippen molar-refractivity contribution >= 4 is 35.0 Å². The largest absolute Gasteiger partial charge is 0.287 e. The molecule has 3 aromatic rings. The summed E-state index contributed by atoms with van der Waals surface area (Å²) in [5, 5.41) is 1.49. The van der Waals surface area contributed by atoms with Crippen LogP contribution in [0.15, 0.2) is 69.6 Å². The standard InChI is InChI=1S/C19H12Cl2FN3OS/c20-11-4-3-5-12(21)17(11)18-14-8-9-16(24-25(14)10-23-19(18)26)27-15-7-2-1-6-13(15)22/h1-7,9-10,24H,8H2. The van der Waals surface area contributed by atoms with Gasteiger partial charge in [0.25, 0.3) is 5.56 Å². The summed E-state index contributed by atoms with van der Waals surface area (Å²) in [5.74, 6) is -0.294. The third kappa shape index (κ3) is 3.48. The van der Waals surface area contributed by atoms with E-state index in [4.69, 9.17) is 23.2 Å². The number of aromatic nitrogens is 2. The molecule has 0 saturated carbocycles. The Morgan fingerprint density at radius 2 is 1.81 bits per heavy atom. The lowest BCUT2D eigenvalue weighted by molar-refractivity contribution is 0.602. The van der Waals surface area contributed by atoms with Crippen molar-refractivity contribution in [2.75, 3.05) is 5.43 Å². The topological polar surface area (TPSA) is 46.9 Å². The van der Waals surface area contributed by atoms with E-state index in [1.807, 2.05) is 6.08 Å². The Bertz CT molecular complexity index is 1110. The lowest BCUT2D eigenvalue weighted by atomic mass is 10.0. The summed E-state index contributed by atoms with van der Waals surface area (Å²) in [6, 6.07) is 11.6. The van der Waals surface area contributed by atoms with Gasteiger partial charge in [-0.05, 0) is 30.3 Å². The summed E-state index contributed by atoms with van der Waals surface area (Å²) in [5.41, 5.74) is 4.23. The van der Waals surface area contributed by atoms with E-state index < -0.39 is 5.56 Å². The SMILES string of the molecule is O=c1ncn2c(c1-c1c(Cl)cccc1Cl)CC=C(Sc1ccccc1F)N2. The number of nitrogens with zero attached hydrogens (tertiary/aromatic N) is 2. The van der Waals surface area contributed by atoms with Gasteiger partial charge in [0, 0.05) is 16.9 Å². The fourth-order valence-corrected chi connectivity index (χ4v) is 4.28. The maximum absolute atomic E-state index is 13.9. The van der Waals surface area contributed by atoms with Crippen LogP contribution in [-0.4, -0.2) is 9.66 Å². The minimum atomic E-state index is -0.406. The van der Waals surface area contributed by atoms with E-state index in [0.717, 1.165) is 5.03 Å². The van der Waals surface area contributed by atoms with Gasteiger partial charge in [0.2, 0.25) is 0 Å². The van der Waals surface area contributed by atoms with Crippen LogP contribution in [0.3, 0.4) is 0 Å². The van der Waals surface area contributed by atoms with Gasteiger partial charge in [0.1, 0.15) is 12.1 Å². The molecular weight excluding hydrogens is 408 g/mol. The quantitative estimate of drug-likeness (QED) is 0.641. The Morgan fingerprint density at radius 3 is 2.56 bits per heavy atom. The van der Waals surface area contributed by atoms with Crippen LogP contribution in [0.1, 0.15) is 5.69 Å². The average molecular weight is 420 g/mol. The highest BCUT2D eigenvalue weighted by molar-refractivity contribution is 8.03. The zero-order chi connectivity index (χ0) is 19.0. The van der Waals surface area contributed by atoms with Crippen molar-refractivity contribution in [1.29, 1.82) is 0 Å². The van der Waals surface area contributed by atoms with Crippen LogP contribution in [0, 0.1) is 5.82 Å². The van der Waals surface area contributed by atoms with Crippen LogP contribution in [-0.2, 0) is 6.42 Å². The molecule has 4 nitrogen and oxygen atoms in total. The molecule has 0 atom stereocenters. The van der Waals surface area contributed by atoms with Crippen molar-refractivity contribution in [3.63, 3.8) is 0 Å². The molecule has 1 aromatic heterocycles. The third-order valence-electron chi connectivity index (χ3n) is 4.06. The molecule has 0 bridgehead atoms. The first-order valence-corrected chi connectivity index (χ1v) is 9.56. The van der Waals surface area contributed by atoms with Crippen molar-refractivity contribution in [2.24, 2.45) is 0 Å². The van der Waals surface area contributed by atoms with E-state index in [0.29, 0.717) is 38.2 Å². The number of hydrogen-bond acceptors (Lipinski definition) is 4. The Kier molecular flexibility index (Phi) is 4.95. The molecule has 2 heterocycles. The predicted octanol–water partition coefficient (Wildman–Crippen LogP) is 5.09. The van der Waals surface area contributed by atoms with Gasteiger partial charge in [0.05, 0.1) is 26.3 Å². The van der Waals surface area contributed by atoms with E-state index in [9.17, 15) is 9.18 Å².